The van der Waals surface area contributed by atoms with Gasteiger partial charge < -0.3 is 9.13 Å². The maximum atomic E-state index is 17.4. The highest BCUT2D eigenvalue weighted by molar-refractivity contribution is 6.14. The maximum absolute atomic E-state index is 17.4. The summed E-state index contributed by atoms with van der Waals surface area (Å²) in [6, 6.07) is 92.0. The molecule has 0 radical (unpaired) electrons. The standard InChI is InChI=1S/C81H49F2N7/c82-69-30-13-31-70(83)77(69)68-49-71(89-72-44-55(60-26-14-40-85-78(60)51-18-5-1-6-19-51)32-36-64(72)65-37-33-56(45-73(65)89)61-27-15-41-86-79(61)52-20-7-2-8-21-52)59(50-84)48-76(68)90-74-46-57(62-28-16-42-87-80(62)53-22-9-3-10-23-53)34-38-66(74)67-39-35-58(47-75(67)90)63-29-17-43-88-81(63)54-24-11-4-12-25-54/h1-49H. The average molecular weight is 1160 g/mol. The lowest BCUT2D eigenvalue weighted by Gasteiger charge is -2.20. The third-order valence-corrected chi connectivity index (χ3v) is 17.1. The van der Waals surface area contributed by atoms with E-state index >= 15 is 8.78 Å². The summed E-state index contributed by atoms with van der Waals surface area (Å²) in [6.45, 7) is 0. The molecule has 0 saturated heterocycles. The van der Waals surface area contributed by atoms with Crippen molar-refractivity contribution in [3.8, 4) is 118 Å². The number of aromatic nitrogens is 6. The van der Waals surface area contributed by atoms with E-state index in [-0.39, 0.29) is 16.7 Å². The number of nitriles is 1. The van der Waals surface area contributed by atoms with Crippen LogP contribution in [-0.4, -0.2) is 29.1 Å². The van der Waals surface area contributed by atoms with Gasteiger partial charge in [-0.05, 0) is 95.1 Å². The summed E-state index contributed by atoms with van der Waals surface area (Å²) in [6.07, 6.45) is 7.20. The van der Waals surface area contributed by atoms with Gasteiger partial charge in [0, 0.05) is 96.4 Å². The van der Waals surface area contributed by atoms with Crippen molar-refractivity contribution >= 4 is 43.6 Å². The fourth-order valence-electron chi connectivity index (χ4n) is 13.1. The fraction of sp³-hybridized carbons (Fsp3) is 0. The monoisotopic (exact) mass is 1160 g/mol. The number of pyridine rings is 4. The first-order valence-corrected chi connectivity index (χ1v) is 29.7. The minimum atomic E-state index is -0.762. The second-order valence-electron chi connectivity index (χ2n) is 22.3. The molecule has 16 aromatic rings. The number of halogens is 2. The van der Waals surface area contributed by atoms with E-state index in [9.17, 15) is 5.26 Å². The van der Waals surface area contributed by atoms with Crippen molar-refractivity contribution < 1.29 is 8.78 Å². The van der Waals surface area contributed by atoms with Crippen molar-refractivity contribution in [1.29, 1.82) is 5.26 Å². The highest BCUT2D eigenvalue weighted by Crippen LogP contribution is 2.46. The normalized spacial score (nSPS) is 11.4. The van der Waals surface area contributed by atoms with Crippen LogP contribution in [0.25, 0.3) is 156 Å². The number of fused-ring (bicyclic) bond motifs is 6. The zero-order valence-corrected chi connectivity index (χ0v) is 48.2. The maximum Gasteiger partial charge on any atom is 0.134 e. The van der Waals surface area contributed by atoms with E-state index in [1.54, 1.807) is 30.9 Å². The zero-order valence-electron chi connectivity index (χ0n) is 48.2. The van der Waals surface area contributed by atoms with Crippen LogP contribution in [0.15, 0.2) is 298 Å². The predicted molar refractivity (Wildman–Crippen MR) is 360 cm³/mol. The molecule has 7 nitrogen and oxygen atoms in total. The molecule has 0 aliphatic carbocycles. The molecule has 0 aliphatic rings. The molecule has 0 amide bonds. The van der Waals surface area contributed by atoms with Crippen molar-refractivity contribution in [3.63, 3.8) is 0 Å². The first-order chi connectivity index (χ1) is 44.5. The summed E-state index contributed by atoms with van der Waals surface area (Å²) < 4.78 is 39.0. The van der Waals surface area contributed by atoms with Gasteiger partial charge in [-0.1, -0.05) is 200 Å². The van der Waals surface area contributed by atoms with Crippen LogP contribution in [0, 0.1) is 23.0 Å². The van der Waals surface area contributed by atoms with Gasteiger partial charge in [-0.3, -0.25) is 19.9 Å². The molecule has 422 valence electrons. The third-order valence-electron chi connectivity index (χ3n) is 17.1. The van der Waals surface area contributed by atoms with E-state index in [1.807, 2.05) is 127 Å². The van der Waals surface area contributed by atoms with E-state index in [0.717, 1.165) is 133 Å². The summed E-state index contributed by atoms with van der Waals surface area (Å²) in [7, 11) is 0. The van der Waals surface area contributed by atoms with E-state index < -0.39 is 11.6 Å². The molecule has 0 unspecified atom stereocenters. The Labute approximate surface area is 517 Å². The number of nitrogens with zero attached hydrogens (tertiary/aromatic N) is 7. The summed E-state index contributed by atoms with van der Waals surface area (Å²) >= 11 is 0. The number of benzene rings is 10. The van der Waals surface area contributed by atoms with Crippen LogP contribution in [-0.2, 0) is 0 Å². The molecule has 0 saturated carbocycles. The predicted octanol–water partition coefficient (Wildman–Crippen LogP) is 20.6. The average Bonchev–Trinajstić information content (AvgIpc) is 1.55. The van der Waals surface area contributed by atoms with E-state index in [4.69, 9.17) is 19.9 Å². The van der Waals surface area contributed by atoms with Crippen molar-refractivity contribution in [1.82, 2.24) is 29.1 Å². The number of hydrogen-bond donors (Lipinski definition) is 0. The summed E-state index contributed by atoms with van der Waals surface area (Å²) in [4.78, 5) is 19.7. The molecule has 16 rings (SSSR count). The Bertz CT molecular complexity index is 5220. The highest BCUT2D eigenvalue weighted by atomic mass is 19.1. The second kappa shape index (κ2) is 22.2. The zero-order chi connectivity index (χ0) is 60.2. The van der Waals surface area contributed by atoms with Gasteiger partial charge in [-0.15, -0.1) is 0 Å². The molecule has 6 aromatic heterocycles. The smallest absolute Gasteiger partial charge is 0.134 e. The number of hydrogen-bond acceptors (Lipinski definition) is 5. The summed E-state index contributed by atoms with van der Waals surface area (Å²) in [5.74, 6) is -1.52. The molecular formula is C81H49F2N7. The lowest BCUT2D eigenvalue weighted by atomic mass is 9.97. The lowest BCUT2D eigenvalue weighted by Crippen LogP contribution is -2.05. The molecule has 0 aliphatic heterocycles. The molecule has 0 atom stereocenters. The minimum absolute atomic E-state index is 0.228. The van der Waals surface area contributed by atoms with Crippen molar-refractivity contribution in [2.45, 2.75) is 0 Å². The van der Waals surface area contributed by atoms with E-state index in [2.05, 4.69) is 137 Å². The van der Waals surface area contributed by atoms with Crippen LogP contribution in [0.2, 0.25) is 0 Å². The third kappa shape index (κ3) is 9.09. The van der Waals surface area contributed by atoms with E-state index in [0.29, 0.717) is 11.4 Å². The van der Waals surface area contributed by atoms with Gasteiger partial charge in [0.25, 0.3) is 0 Å². The van der Waals surface area contributed by atoms with Gasteiger partial charge in [0.15, 0.2) is 0 Å². The second-order valence-corrected chi connectivity index (χ2v) is 22.3. The van der Waals surface area contributed by atoms with Crippen LogP contribution in [0.3, 0.4) is 0 Å². The molecule has 10 aromatic carbocycles. The molecular weight excluding hydrogens is 1110 g/mol. The molecule has 6 heterocycles. The van der Waals surface area contributed by atoms with Crippen LogP contribution in [0.4, 0.5) is 8.78 Å². The van der Waals surface area contributed by atoms with Gasteiger partial charge in [0.05, 0.1) is 67.3 Å². The quantitative estimate of drug-likeness (QED) is 0.129. The topological polar surface area (TPSA) is 85.2 Å². The summed E-state index contributed by atoms with van der Waals surface area (Å²) in [5, 5.41) is 15.6. The van der Waals surface area contributed by atoms with Gasteiger partial charge >= 0.3 is 0 Å². The first kappa shape index (κ1) is 53.2. The van der Waals surface area contributed by atoms with Crippen molar-refractivity contribution in [3.05, 3.63) is 315 Å². The van der Waals surface area contributed by atoms with Crippen LogP contribution in [0.5, 0.6) is 0 Å². The summed E-state index contributed by atoms with van der Waals surface area (Å²) in [5.41, 5.74) is 18.3. The Morgan fingerprint density at radius 1 is 0.278 bits per heavy atom. The van der Waals surface area contributed by atoms with E-state index in [1.165, 1.54) is 18.2 Å². The largest absolute Gasteiger partial charge is 0.309 e. The Morgan fingerprint density at radius 2 is 0.589 bits per heavy atom. The van der Waals surface area contributed by atoms with Crippen LogP contribution < -0.4 is 0 Å². The van der Waals surface area contributed by atoms with Gasteiger partial charge in [0.2, 0.25) is 0 Å². The van der Waals surface area contributed by atoms with Crippen molar-refractivity contribution in [2.75, 3.05) is 0 Å². The minimum Gasteiger partial charge on any atom is -0.309 e. The fourth-order valence-corrected chi connectivity index (χ4v) is 13.1. The molecule has 0 spiro atoms. The van der Waals surface area contributed by atoms with Gasteiger partial charge in [0.1, 0.15) is 17.7 Å². The Hall–Kier alpha value is -12.3. The first-order valence-electron chi connectivity index (χ1n) is 29.7. The number of rotatable bonds is 11. The van der Waals surface area contributed by atoms with Crippen LogP contribution in [0.1, 0.15) is 5.56 Å². The van der Waals surface area contributed by atoms with Crippen LogP contribution >= 0.6 is 0 Å². The molecule has 9 heteroatoms. The van der Waals surface area contributed by atoms with Crippen molar-refractivity contribution in [2.24, 2.45) is 0 Å². The molecule has 0 N–H and O–H groups in total. The Balaban J connectivity index is 1.01. The molecule has 90 heavy (non-hydrogen) atoms. The molecule has 0 bridgehead atoms. The Morgan fingerprint density at radius 3 is 0.900 bits per heavy atom. The van der Waals surface area contributed by atoms with Gasteiger partial charge in [-0.2, -0.15) is 5.26 Å². The van der Waals surface area contributed by atoms with Gasteiger partial charge in [-0.25, -0.2) is 8.78 Å². The highest BCUT2D eigenvalue weighted by Gasteiger charge is 2.27. The molecule has 0 fully saturated rings. The Kier molecular flexibility index (Phi) is 13.2. The SMILES string of the molecule is N#Cc1cc(-n2c3cc(-c4cccnc4-c4ccccc4)ccc3c3ccc(-c4cccnc4-c4ccccc4)cc32)c(-c2c(F)cccc2F)cc1-n1c2cc(-c3cccnc3-c3ccccc3)ccc2c2ccc(-c3cccnc3-c3ccccc3)cc21. The lowest BCUT2D eigenvalue weighted by molar-refractivity contribution is 0.589.